The molecule has 5 heterocycles. The van der Waals surface area contributed by atoms with E-state index >= 15 is 0 Å². The molecule has 5 aromatic heterocycles. The molecule has 5 nitrogen and oxygen atoms in total. The topological polar surface area (TPSA) is 56.5 Å². The summed E-state index contributed by atoms with van der Waals surface area (Å²) in [7, 11) is 0. The van der Waals surface area contributed by atoms with Crippen molar-refractivity contribution in [1.82, 2.24) is 24.5 Å². The van der Waals surface area contributed by atoms with E-state index in [1.165, 1.54) is 42.3 Å². The van der Waals surface area contributed by atoms with Gasteiger partial charge in [0.25, 0.3) is 0 Å². The molecular weight excluding hydrogens is 655 g/mol. The minimum atomic E-state index is 0.665. The van der Waals surface area contributed by atoms with Crippen LogP contribution in [-0.2, 0) is 0 Å². The summed E-state index contributed by atoms with van der Waals surface area (Å²) in [5, 5.41) is 3.78. The van der Waals surface area contributed by atoms with Gasteiger partial charge in [0.05, 0.1) is 22.4 Å². The van der Waals surface area contributed by atoms with Crippen molar-refractivity contribution in [2.75, 3.05) is 0 Å². The Kier molecular flexibility index (Phi) is 7.25. The zero-order chi connectivity index (χ0) is 34.4. The van der Waals surface area contributed by atoms with Crippen LogP contribution in [0.5, 0.6) is 0 Å². The molecule has 0 spiro atoms. The van der Waals surface area contributed by atoms with Gasteiger partial charge in [0.15, 0.2) is 5.82 Å². The Balaban J connectivity index is 1.12. The molecule has 10 aromatic rings. The molecule has 0 N–H and O–H groups in total. The number of rotatable bonds is 6. The van der Waals surface area contributed by atoms with Gasteiger partial charge in [-0.1, -0.05) is 91.0 Å². The molecule has 5 aromatic carbocycles. The Hall–Kier alpha value is -6.76. The average molecular weight is 684 g/mol. The van der Waals surface area contributed by atoms with Crippen LogP contribution in [0.1, 0.15) is 0 Å². The lowest BCUT2D eigenvalue weighted by Crippen LogP contribution is -1.98. The maximum absolute atomic E-state index is 5.18. The second kappa shape index (κ2) is 12.5. The lowest BCUT2D eigenvalue weighted by atomic mass is 10.0. The highest BCUT2D eigenvalue weighted by Crippen LogP contribution is 2.43. The molecule has 0 unspecified atom stereocenters. The van der Waals surface area contributed by atoms with Gasteiger partial charge in [0.1, 0.15) is 0 Å². The maximum atomic E-state index is 5.18. The Morgan fingerprint density at radius 1 is 0.442 bits per heavy atom. The number of thiophene rings is 1. The van der Waals surface area contributed by atoms with E-state index in [-0.39, 0.29) is 0 Å². The van der Waals surface area contributed by atoms with Crippen molar-refractivity contribution in [2.24, 2.45) is 0 Å². The fourth-order valence-corrected chi connectivity index (χ4v) is 8.35. The zero-order valence-corrected chi connectivity index (χ0v) is 28.7. The lowest BCUT2D eigenvalue weighted by molar-refractivity contribution is 1.16. The van der Waals surface area contributed by atoms with Crippen LogP contribution in [0.15, 0.2) is 176 Å². The van der Waals surface area contributed by atoms with Gasteiger partial charge in [-0.2, -0.15) is 0 Å². The van der Waals surface area contributed by atoms with E-state index in [4.69, 9.17) is 9.97 Å². The van der Waals surface area contributed by atoms with Gasteiger partial charge in [-0.15, -0.1) is 11.3 Å². The van der Waals surface area contributed by atoms with Gasteiger partial charge in [0, 0.05) is 67.5 Å². The summed E-state index contributed by atoms with van der Waals surface area (Å²) in [5.41, 5.74) is 11.5. The van der Waals surface area contributed by atoms with Crippen LogP contribution >= 0.6 is 11.3 Å². The fraction of sp³-hybridized carbons (Fsp3) is 0. The number of hydrogen-bond donors (Lipinski definition) is 0. The van der Waals surface area contributed by atoms with Gasteiger partial charge in [0.2, 0.25) is 0 Å². The Labute approximate surface area is 304 Å². The summed E-state index contributed by atoms with van der Waals surface area (Å²) in [6, 6.07) is 53.4. The molecule has 0 fully saturated rings. The Morgan fingerprint density at radius 3 is 1.85 bits per heavy atom. The number of benzene rings is 5. The average Bonchev–Trinajstić information content (AvgIpc) is 3.82. The summed E-state index contributed by atoms with van der Waals surface area (Å²) in [5.74, 6) is 0.665. The third kappa shape index (κ3) is 5.25. The Bertz CT molecular complexity index is 2880. The van der Waals surface area contributed by atoms with E-state index in [2.05, 4.69) is 142 Å². The first-order valence-corrected chi connectivity index (χ1v) is 18.0. The van der Waals surface area contributed by atoms with Crippen LogP contribution in [0.25, 0.3) is 93.0 Å². The molecule has 6 heteroatoms. The molecule has 0 atom stereocenters. The summed E-state index contributed by atoms with van der Waals surface area (Å²) in [6.07, 6.45) is 7.24. The van der Waals surface area contributed by atoms with Crippen molar-refractivity contribution in [3.8, 4) is 61.2 Å². The van der Waals surface area contributed by atoms with E-state index in [9.17, 15) is 0 Å². The van der Waals surface area contributed by atoms with Crippen LogP contribution < -0.4 is 0 Å². The number of fused-ring (bicyclic) bond motifs is 5. The van der Waals surface area contributed by atoms with E-state index in [1.807, 2.05) is 48.0 Å². The predicted molar refractivity (Wildman–Crippen MR) is 215 cm³/mol. The van der Waals surface area contributed by atoms with Crippen molar-refractivity contribution >= 4 is 43.2 Å². The molecule has 0 aliphatic rings. The summed E-state index contributed by atoms with van der Waals surface area (Å²) < 4.78 is 3.68. The van der Waals surface area contributed by atoms with Crippen molar-refractivity contribution in [3.63, 3.8) is 0 Å². The normalized spacial score (nSPS) is 11.5. The summed E-state index contributed by atoms with van der Waals surface area (Å²) in [6.45, 7) is 0. The van der Waals surface area contributed by atoms with E-state index in [0.29, 0.717) is 5.82 Å². The monoisotopic (exact) mass is 683 g/mol. The minimum absolute atomic E-state index is 0.665. The van der Waals surface area contributed by atoms with Crippen molar-refractivity contribution in [2.45, 2.75) is 0 Å². The van der Waals surface area contributed by atoms with Gasteiger partial charge in [-0.3, -0.25) is 9.97 Å². The number of nitrogens with zero attached hydrogens (tertiary/aromatic N) is 5. The molecule has 0 saturated heterocycles. The van der Waals surface area contributed by atoms with Gasteiger partial charge in [-0.25, -0.2) is 9.97 Å². The first kappa shape index (κ1) is 30.1. The lowest BCUT2D eigenvalue weighted by Gasteiger charge is -2.12. The quantitative estimate of drug-likeness (QED) is 0.175. The molecule has 10 rings (SSSR count). The highest BCUT2D eigenvalue weighted by molar-refractivity contribution is 7.23. The second-order valence-electron chi connectivity index (χ2n) is 12.8. The molecular formula is C46H29N5S. The third-order valence-corrected chi connectivity index (χ3v) is 10.9. The molecule has 0 radical (unpaired) electrons. The minimum Gasteiger partial charge on any atom is -0.309 e. The van der Waals surface area contributed by atoms with Crippen molar-refractivity contribution in [1.29, 1.82) is 0 Å². The van der Waals surface area contributed by atoms with Crippen LogP contribution in [0, 0.1) is 0 Å². The van der Waals surface area contributed by atoms with E-state index in [1.54, 1.807) is 12.4 Å². The number of aromatic nitrogens is 5. The molecule has 0 aliphatic heterocycles. The first-order chi connectivity index (χ1) is 25.8. The highest BCUT2D eigenvalue weighted by atomic mass is 32.1. The van der Waals surface area contributed by atoms with Gasteiger partial charge >= 0.3 is 0 Å². The largest absolute Gasteiger partial charge is 0.309 e. The van der Waals surface area contributed by atoms with Crippen LogP contribution in [-0.4, -0.2) is 24.5 Å². The standard InChI is InChI=1S/C46H29N5S/c1-2-7-34(8-3-1)43-28-35-17-18-42-44(45(35)52-43)38-11-4-5-12-41(38)51(42)37-10-6-9-36(27-37)46-49-39(29-40(50-46)33-21-25-48-26-22-33)32-15-13-30(14-16-32)31-19-23-47-24-20-31/h1-29H. The molecule has 244 valence electrons. The van der Waals surface area contributed by atoms with Crippen LogP contribution in [0.4, 0.5) is 0 Å². The van der Waals surface area contributed by atoms with Crippen LogP contribution in [0.2, 0.25) is 0 Å². The molecule has 0 aliphatic carbocycles. The summed E-state index contributed by atoms with van der Waals surface area (Å²) >= 11 is 1.86. The summed E-state index contributed by atoms with van der Waals surface area (Å²) in [4.78, 5) is 20.0. The third-order valence-electron chi connectivity index (χ3n) is 9.64. The van der Waals surface area contributed by atoms with E-state index < -0.39 is 0 Å². The number of pyridine rings is 2. The molecule has 0 amide bonds. The molecule has 52 heavy (non-hydrogen) atoms. The zero-order valence-electron chi connectivity index (χ0n) is 27.9. The Morgan fingerprint density at radius 2 is 1.08 bits per heavy atom. The predicted octanol–water partition coefficient (Wildman–Crippen LogP) is 11.9. The van der Waals surface area contributed by atoms with E-state index in [0.717, 1.165) is 44.9 Å². The van der Waals surface area contributed by atoms with Gasteiger partial charge in [-0.05, 0) is 82.7 Å². The highest BCUT2D eigenvalue weighted by Gasteiger charge is 2.18. The maximum Gasteiger partial charge on any atom is 0.160 e. The van der Waals surface area contributed by atoms with Crippen molar-refractivity contribution in [3.05, 3.63) is 176 Å². The SMILES string of the molecule is c1ccc(-c2cc3ccc4c(c5ccccc5n4-c4cccc(-c5nc(-c6ccncc6)cc(-c6ccc(-c7ccncc7)cc6)n5)c4)c3s2)cc1. The fourth-order valence-electron chi connectivity index (χ4n) is 7.13. The first-order valence-electron chi connectivity index (χ1n) is 17.2. The van der Waals surface area contributed by atoms with Crippen molar-refractivity contribution < 1.29 is 0 Å². The van der Waals surface area contributed by atoms with Crippen LogP contribution in [0.3, 0.4) is 0 Å². The number of para-hydroxylation sites is 1. The second-order valence-corrected chi connectivity index (χ2v) is 13.8. The number of hydrogen-bond acceptors (Lipinski definition) is 5. The smallest absolute Gasteiger partial charge is 0.160 e. The van der Waals surface area contributed by atoms with Gasteiger partial charge < -0.3 is 4.57 Å². The molecule has 0 bridgehead atoms. The molecule has 0 saturated carbocycles.